The average Bonchev–Trinajstić information content (AvgIpc) is 2.31. The topological polar surface area (TPSA) is 168 Å². The van der Waals surface area contributed by atoms with E-state index in [4.69, 9.17) is 5.11 Å². The summed E-state index contributed by atoms with van der Waals surface area (Å²) < 4.78 is 0. The average molecular weight is 293 g/mol. The van der Waals surface area contributed by atoms with Gasteiger partial charge in [0.05, 0.1) is 18.3 Å². The number of carboxylic acids is 1. The van der Waals surface area contributed by atoms with Crippen molar-refractivity contribution in [1.82, 2.24) is 5.32 Å². The molecule has 116 valence electrons. The molecule has 1 aliphatic rings. The van der Waals surface area contributed by atoms with Gasteiger partial charge in [0.2, 0.25) is 0 Å². The lowest BCUT2D eigenvalue weighted by Crippen LogP contribution is -2.62. The summed E-state index contributed by atoms with van der Waals surface area (Å²) >= 11 is 0. The lowest BCUT2D eigenvalue weighted by Gasteiger charge is -2.39. The first-order chi connectivity index (χ1) is 9.08. The summed E-state index contributed by atoms with van der Waals surface area (Å²) in [6.07, 6.45) is -7.04. The van der Waals surface area contributed by atoms with Crippen LogP contribution in [0.3, 0.4) is 0 Å². The van der Waals surface area contributed by atoms with Crippen LogP contribution < -0.4 is 5.32 Å². The molecule has 0 heterocycles. The predicted octanol–water partition coefficient (Wildman–Crippen LogP) is -3.46. The number of carboxylic acid groups (broad SMARTS) is 1. The van der Waals surface area contributed by atoms with Gasteiger partial charge in [0.1, 0.15) is 11.7 Å². The first kappa shape index (κ1) is 16.8. The maximum Gasteiger partial charge on any atom is 0.328 e. The SMILES string of the molecule is C[C@@H](O)C(NC(=O)C1(O)C[C@@H](O)C(O)[C@H](O)C1)C(=O)O. The molecule has 0 radical (unpaired) electrons. The standard InChI is InChI=1S/C11H19NO8/c1-4(13)7(9(17)18)12-10(19)11(20)2-5(14)8(16)6(15)3-11/h4-8,13-16,20H,2-3H2,1H3,(H,12,19)(H,17,18)/t4-,5-,6-,7?,8?,11?/m1/s1. The Hall–Kier alpha value is -1.26. The van der Waals surface area contributed by atoms with E-state index >= 15 is 0 Å². The highest BCUT2D eigenvalue weighted by molar-refractivity contribution is 5.89. The van der Waals surface area contributed by atoms with Crippen molar-refractivity contribution in [2.45, 2.75) is 55.8 Å². The lowest BCUT2D eigenvalue weighted by atomic mass is 9.79. The molecule has 20 heavy (non-hydrogen) atoms. The maximum atomic E-state index is 11.9. The van der Waals surface area contributed by atoms with E-state index < -0.39 is 60.8 Å². The van der Waals surface area contributed by atoms with Crippen LogP contribution in [0, 0.1) is 0 Å². The number of nitrogens with one attached hydrogen (secondary N) is 1. The Morgan fingerprint density at radius 1 is 1.20 bits per heavy atom. The molecular weight excluding hydrogens is 274 g/mol. The van der Waals surface area contributed by atoms with Crippen LogP contribution in [0.5, 0.6) is 0 Å². The fraction of sp³-hybridized carbons (Fsp3) is 0.818. The molecule has 1 fully saturated rings. The Labute approximate surface area is 114 Å². The highest BCUT2D eigenvalue weighted by Crippen LogP contribution is 2.29. The number of carbonyl (C=O) groups excluding carboxylic acids is 1. The van der Waals surface area contributed by atoms with Crippen LogP contribution in [-0.4, -0.2) is 78.6 Å². The monoisotopic (exact) mass is 293 g/mol. The fourth-order valence-electron chi connectivity index (χ4n) is 2.12. The summed E-state index contributed by atoms with van der Waals surface area (Å²) in [6.45, 7) is 1.15. The molecule has 0 aliphatic heterocycles. The quantitative estimate of drug-likeness (QED) is 0.281. The number of aliphatic hydroxyl groups is 5. The number of amides is 1. The van der Waals surface area contributed by atoms with E-state index in [1.54, 1.807) is 0 Å². The lowest BCUT2D eigenvalue weighted by molar-refractivity contribution is -0.175. The summed E-state index contributed by atoms with van der Waals surface area (Å²) in [4.78, 5) is 22.7. The van der Waals surface area contributed by atoms with E-state index in [-0.39, 0.29) is 0 Å². The molecule has 0 aromatic carbocycles. The summed E-state index contributed by atoms with van der Waals surface area (Å²) in [5.74, 6) is -2.63. The van der Waals surface area contributed by atoms with Gasteiger partial charge >= 0.3 is 5.97 Å². The third-order valence-electron chi connectivity index (χ3n) is 3.34. The second-order valence-corrected chi connectivity index (χ2v) is 5.10. The van der Waals surface area contributed by atoms with Crippen molar-refractivity contribution in [3.63, 3.8) is 0 Å². The van der Waals surface area contributed by atoms with E-state index in [0.717, 1.165) is 6.92 Å². The van der Waals surface area contributed by atoms with Crippen LogP contribution in [-0.2, 0) is 9.59 Å². The van der Waals surface area contributed by atoms with E-state index in [1.165, 1.54) is 0 Å². The Kier molecular flexibility index (Phi) is 5.05. The van der Waals surface area contributed by atoms with E-state index in [1.807, 2.05) is 5.32 Å². The molecule has 0 bridgehead atoms. The van der Waals surface area contributed by atoms with Gasteiger partial charge in [-0.3, -0.25) is 4.79 Å². The molecule has 0 aromatic heterocycles. The highest BCUT2D eigenvalue weighted by Gasteiger charge is 2.49. The first-order valence-electron chi connectivity index (χ1n) is 6.07. The van der Waals surface area contributed by atoms with Gasteiger partial charge in [0.15, 0.2) is 6.04 Å². The minimum Gasteiger partial charge on any atom is -0.480 e. The molecule has 1 saturated carbocycles. The summed E-state index contributed by atoms with van der Waals surface area (Å²) in [5.41, 5.74) is -2.22. The zero-order valence-corrected chi connectivity index (χ0v) is 10.8. The van der Waals surface area contributed by atoms with Gasteiger partial charge in [-0.25, -0.2) is 4.79 Å². The fourth-order valence-corrected chi connectivity index (χ4v) is 2.12. The van der Waals surface area contributed by atoms with E-state index in [9.17, 15) is 35.1 Å². The van der Waals surface area contributed by atoms with E-state index in [0.29, 0.717) is 0 Å². The largest absolute Gasteiger partial charge is 0.480 e. The van der Waals surface area contributed by atoms with Crippen molar-refractivity contribution in [3.8, 4) is 0 Å². The van der Waals surface area contributed by atoms with E-state index in [2.05, 4.69) is 0 Å². The van der Waals surface area contributed by atoms with Crippen LogP contribution in [0.2, 0.25) is 0 Å². The van der Waals surface area contributed by atoms with Gasteiger partial charge in [-0.15, -0.1) is 0 Å². The van der Waals surface area contributed by atoms with Gasteiger partial charge in [-0.1, -0.05) is 0 Å². The second kappa shape index (κ2) is 6.02. The number of rotatable bonds is 4. The molecule has 0 aromatic rings. The molecule has 4 atom stereocenters. The van der Waals surface area contributed by atoms with Gasteiger partial charge in [0, 0.05) is 12.8 Å². The van der Waals surface area contributed by atoms with Gasteiger partial charge < -0.3 is 36.0 Å². The molecule has 1 unspecified atom stereocenters. The number of aliphatic hydroxyl groups excluding tert-OH is 4. The second-order valence-electron chi connectivity index (χ2n) is 5.10. The zero-order valence-electron chi connectivity index (χ0n) is 10.8. The molecule has 7 N–H and O–H groups in total. The molecule has 1 rings (SSSR count). The van der Waals surface area contributed by atoms with Crippen molar-refractivity contribution in [2.24, 2.45) is 0 Å². The molecule has 0 saturated heterocycles. The van der Waals surface area contributed by atoms with Gasteiger partial charge in [-0.2, -0.15) is 0 Å². The molecular formula is C11H19NO8. The molecule has 1 amide bonds. The number of carbonyl (C=O) groups is 2. The summed E-state index contributed by atoms with van der Waals surface area (Å²) in [5, 5.41) is 58.4. The van der Waals surface area contributed by atoms with Gasteiger partial charge in [-0.05, 0) is 6.92 Å². The first-order valence-corrected chi connectivity index (χ1v) is 6.07. The number of hydrogen-bond donors (Lipinski definition) is 7. The van der Waals surface area contributed by atoms with Crippen LogP contribution in [0.25, 0.3) is 0 Å². The molecule has 9 heteroatoms. The molecule has 0 spiro atoms. The highest BCUT2D eigenvalue weighted by atomic mass is 16.4. The Morgan fingerprint density at radius 2 is 1.65 bits per heavy atom. The van der Waals surface area contributed by atoms with Gasteiger partial charge in [0.25, 0.3) is 5.91 Å². The van der Waals surface area contributed by atoms with Crippen LogP contribution in [0.1, 0.15) is 19.8 Å². The van der Waals surface area contributed by atoms with Crippen LogP contribution >= 0.6 is 0 Å². The maximum absolute atomic E-state index is 11.9. The smallest absolute Gasteiger partial charge is 0.328 e. The van der Waals surface area contributed by atoms with Crippen molar-refractivity contribution in [3.05, 3.63) is 0 Å². The molecule has 1 aliphatic carbocycles. The number of hydrogen-bond acceptors (Lipinski definition) is 7. The summed E-state index contributed by atoms with van der Waals surface area (Å²) in [7, 11) is 0. The zero-order chi connectivity index (χ0) is 15.7. The third kappa shape index (κ3) is 3.44. The molecule has 9 nitrogen and oxygen atoms in total. The summed E-state index contributed by atoms with van der Waals surface area (Å²) in [6, 6.07) is -1.63. The van der Waals surface area contributed by atoms with Crippen LogP contribution in [0.4, 0.5) is 0 Å². The van der Waals surface area contributed by atoms with Crippen molar-refractivity contribution < 1.29 is 40.2 Å². The van der Waals surface area contributed by atoms with Crippen molar-refractivity contribution in [1.29, 1.82) is 0 Å². The normalized spacial score (nSPS) is 37.0. The minimum absolute atomic E-state index is 0.552. The third-order valence-corrected chi connectivity index (χ3v) is 3.34. The van der Waals surface area contributed by atoms with Crippen LogP contribution in [0.15, 0.2) is 0 Å². The number of aliphatic carboxylic acids is 1. The van der Waals surface area contributed by atoms with Crippen molar-refractivity contribution in [2.75, 3.05) is 0 Å². The Bertz CT molecular complexity index is 373. The predicted molar refractivity (Wildman–Crippen MR) is 63.5 cm³/mol. The minimum atomic E-state index is -2.22. The van der Waals surface area contributed by atoms with Crippen molar-refractivity contribution >= 4 is 11.9 Å². The Balaban J connectivity index is 2.82. The Morgan fingerprint density at radius 3 is 2.00 bits per heavy atom.